The lowest BCUT2D eigenvalue weighted by Gasteiger charge is -2.11. The van der Waals surface area contributed by atoms with Crippen LogP contribution in [-0.2, 0) is 6.61 Å². The summed E-state index contributed by atoms with van der Waals surface area (Å²) in [6.07, 6.45) is 0. The molecule has 0 atom stereocenters. The van der Waals surface area contributed by atoms with Crippen LogP contribution in [0.25, 0.3) is 0 Å². The van der Waals surface area contributed by atoms with E-state index in [9.17, 15) is 0 Å². The molecule has 2 N–H and O–H groups in total. The maximum Gasteiger partial charge on any atom is 0.488 e. The smallest absolute Gasteiger partial charge is 0.488 e. The van der Waals surface area contributed by atoms with Crippen molar-refractivity contribution in [3.8, 4) is 11.5 Å². The predicted molar refractivity (Wildman–Crippen MR) is 78.3 cm³/mol. The Morgan fingerprint density at radius 1 is 1.00 bits per heavy atom. The van der Waals surface area contributed by atoms with Crippen molar-refractivity contribution >= 4 is 12.6 Å². The molecule has 20 heavy (non-hydrogen) atoms. The Balaban J connectivity index is 2.05. The highest BCUT2D eigenvalue weighted by molar-refractivity contribution is 6.58. The summed E-state index contributed by atoms with van der Waals surface area (Å²) < 4.78 is 11.0. The average Bonchev–Trinajstić information content (AvgIpc) is 2.46. The normalized spacial score (nSPS) is 10.2. The highest BCUT2D eigenvalue weighted by Gasteiger charge is 2.10. The van der Waals surface area contributed by atoms with Crippen LogP contribution in [0.2, 0.25) is 0 Å². The lowest BCUT2D eigenvalue weighted by Crippen LogP contribution is -2.29. The van der Waals surface area contributed by atoms with Gasteiger partial charge in [0.2, 0.25) is 0 Å². The van der Waals surface area contributed by atoms with Gasteiger partial charge in [0, 0.05) is 0 Å². The van der Waals surface area contributed by atoms with Gasteiger partial charge in [-0.25, -0.2) is 0 Å². The molecule has 0 amide bonds. The second-order valence-corrected chi connectivity index (χ2v) is 4.56. The van der Waals surface area contributed by atoms with Crippen LogP contribution in [0.5, 0.6) is 11.5 Å². The van der Waals surface area contributed by atoms with Crippen LogP contribution in [0.1, 0.15) is 11.1 Å². The van der Waals surface area contributed by atoms with E-state index in [1.807, 2.05) is 25.1 Å². The zero-order valence-electron chi connectivity index (χ0n) is 11.5. The molecule has 0 spiro atoms. The van der Waals surface area contributed by atoms with E-state index in [4.69, 9.17) is 19.5 Å². The Morgan fingerprint density at radius 3 is 2.30 bits per heavy atom. The Kier molecular flexibility index (Phi) is 4.66. The summed E-state index contributed by atoms with van der Waals surface area (Å²) in [7, 11) is 0.168. The number of methoxy groups -OCH3 is 1. The van der Waals surface area contributed by atoms with Gasteiger partial charge in [-0.15, -0.1) is 0 Å². The fourth-order valence-corrected chi connectivity index (χ4v) is 1.84. The van der Waals surface area contributed by atoms with Crippen LogP contribution in [-0.4, -0.2) is 24.3 Å². The minimum Gasteiger partial charge on any atom is -0.493 e. The standard InChI is InChI=1S/C15H17BO4/c1-11-3-8-14(15(9-11)19-2)20-10-12-4-6-13(7-5-12)16(17)18/h3-9,17-18H,10H2,1-2H3. The largest absolute Gasteiger partial charge is 0.493 e. The number of benzene rings is 2. The molecule has 2 aromatic rings. The monoisotopic (exact) mass is 272 g/mol. The molecular weight excluding hydrogens is 255 g/mol. The summed E-state index contributed by atoms with van der Waals surface area (Å²) in [6.45, 7) is 2.38. The summed E-state index contributed by atoms with van der Waals surface area (Å²) in [6, 6.07) is 12.7. The van der Waals surface area contributed by atoms with Crippen LogP contribution >= 0.6 is 0 Å². The minimum atomic E-state index is -1.44. The zero-order valence-corrected chi connectivity index (χ0v) is 11.5. The molecule has 0 bridgehead atoms. The van der Waals surface area contributed by atoms with Gasteiger partial charge >= 0.3 is 7.12 Å². The summed E-state index contributed by atoms with van der Waals surface area (Å²) in [5, 5.41) is 18.0. The average molecular weight is 272 g/mol. The molecule has 0 saturated carbocycles. The molecule has 2 aromatic carbocycles. The van der Waals surface area contributed by atoms with Crippen LogP contribution in [0.4, 0.5) is 0 Å². The Morgan fingerprint density at radius 2 is 1.70 bits per heavy atom. The molecule has 0 saturated heterocycles. The van der Waals surface area contributed by atoms with Crippen molar-refractivity contribution in [3.63, 3.8) is 0 Å². The molecule has 5 heteroatoms. The van der Waals surface area contributed by atoms with Gasteiger partial charge in [-0.3, -0.25) is 0 Å². The van der Waals surface area contributed by atoms with E-state index in [1.165, 1.54) is 0 Å². The SMILES string of the molecule is COc1cc(C)ccc1OCc1ccc(B(O)O)cc1. The number of aryl methyl sites for hydroxylation is 1. The summed E-state index contributed by atoms with van der Waals surface area (Å²) >= 11 is 0. The molecule has 4 nitrogen and oxygen atoms in total. The van der Waals surface area contributed by atoms with E-state index in [-0.39, 0.29) is 0 Å². The Labute approximate surface area is 118 Å². The van der Waals surface area contributed by atoms with E-state index in [0.29, 0.717) is 23.6 Å². The van der Waals surface area contributed by atoms with Gasteiger partial charge in [-0.2, -0.15) is 0 Å². The van der Waals surface area contributed by atoms with Crippen LogP contribution < -0.4 is 14.9 Å². The van der Waals surface area contributed by atoms with Crippen LogP contribution in [0.15, 0.2) is 42.5 Å². The van der Waals surface area contributed by atoms with Gasteiger partial charge in [0.15, 0.2) is 11.5 Å². The fourth-order valence-electron chi connectivity index (χ4n) is 1.84. The molecule has 0 aromatic heterocycles. The van der Waals surface area contributed by atoms with Gasteiger partial charge in [-0.05, 0) is 35.6 Å². The summed E-state index contributed by atoms with van der Waals surface area (Å²) in [4.78, 5) is 0. The van der Waals surface area contributed by atoms with E-state index in [2.05, 4.69) is 0 Å². The van der Waals surface area contributed by atoms with Gasteiger partial charge in [0.1, 0.15) is 6.61 Å². The van der Waals surface area contributed by atoms with Crippen molar-refractivity contribution < 1.29 is 19.5 Å². The quantitative estimate of drug-likeness (QED) is 0.804. The molecule has 0 aliphatic rings. The van der Waals surface area contributed by atoms with Crippen LogP contribution in [0.3, 0.4) is 0 Å². The Bertz CT molecular complexity index is 567. The third kappa shape index (κ3) is 3.53. The lowest BCUT2D eigenvalue weighted by atomic mass is 9.80. The Hall–Kier alpha value is -1.98. The summed E-state index contributed by atoms with van der Waals surface area (Å²) in [5.74, 6) is 1.39. The van der Waals surface area contributed by atoms with Crippen molar-refractivity contribution in [1.29, 1.82) is 0 Å². The third-order valence-corrected chi connectivity index (χ3v) is 2.99. The van der Waals surface area contributed by atoms with Gasteiger partial charge < -0.3 is 19.5 Å². The third-order valence-electron chi connectivity index (χ3n) is 2.99. The first-order chi connectivity index (χ1) is 9.60. The molecule has 0 radical (unpaired) electrons. The lowest BCUT2D eigenvalue weighted by molar-refractivity contribution is 0.284. The first-order valence-electron chi connectivity index (χ1n) is 6.32. The van der Waals surface area contributed by atoms with Crippen molar-refractivity contribution in [1.82, 2.24) is 0 Å². The fraction of sp³-hybridized carbons (Fsp3) is 0.200. The van der Waals surface area contributed by atoms with Crippen molar-refractivity contribution in [2.45, 2.75) is 13.5 Å². The van der Waals surface area contributed by atoms with Gasteiger partial charge in [0.05, 0.1) is 7.11 Å². The van der Waals surface area contributed by atoms with Crippen molar-refractivity contribution in [2.75, 3.05) is 7.11 Å². The zero-order chi connectivity index (χ0) is 14.5. The van der Waals surface area contributed by atoms with Crippen molar-refractivity contribution in [3.05, 3.63) is 53.6 Å². The number of rotatable bonds is 5. The first-order valence-corrected chi connectivity index (χ1v) is 6.32. The van der Waals surface area contributed by atoms with Crippen molar-refractivity contribution in [2.24, 2.45) is 0 Å². The van der Waals surface area contributed by atoms with E-state index < -0.39 is 7.12 Å². The van der Waals surface area contributed by atoms with Gasteiger partial charge in [0.25, 0.3) is 0 Å². The second kappa shape index (κ2) is 6.46. The van der Waals surface area contributed by atoms with E-state index in [1.54, 1.807) is 31.4 Å². The molecular formula is C15H17BO4. The first kappa shape index (κ1) is 14.4. The minimum absolute atomic E-state index is 0.390. The highest BCUT2D eigenvalue weighted by atomic mass is 16.5. The molecule has 0 aliphatic carbocycles. The molecule has 0 unspecified atom stereocenters. The maximum atomic E-state index is 9.02. The van der Waals surface area contributed by atoms with E-state index in [0.717, 1.165) is 11.1 Å². The topological polar surface area (TPSA) is 58.9 Å². The van der Waals surface area contributed by atoms with Gasteiger partial charge in [-0.1, -0.05) is 30.3 Å². The van der Waals surface area contributed by atoms with Crippen LogP contribution in [0, 0.1) is 6.92 Å². The molecule has 104 valence electrons. The predicted octanol–water partition coefficient (Wildman–Crippen LogP) is 1.26. The second-order valence-electron chi connectivity index (χ2n) is 4.56. The number of hydrogen-bond acceptors (Lipinski definition) is 4. The summed E-state index contributed by atoms with van der Waals surface area (Å²) in [5.41, 5.74) is 2.51. The molecule has 0 aliphatic heterocycles. The maximum absolute atomic E-state index is 9.02. The highest BCUT2D eigenvalue weighted by Crippen LogP contribution is 2.28. The number of ether oxygens (including phenoxy) is 2. The molecule has 0 fully saturated rings. The molecule has 2 rings (SSSR count). The molecule has 0 heterocycles. The number of hydrogen-bond donors (Lipinski definition) is 2. The van der Waals surface area contributed by atoms with E-state index >= 15 is 0 Å².